The second-order valence-corrected chi connectivity index (χ2v) is 4.56. The van der Waals surface area contributed by atoms with Gasteiger partial charge in [0, 0.05) is 4.70 Å². The van der Waals surface area contributed by atoms with Crippen LogP contribution in [0.3, 0.4) is 0 Å². The average Bonchev–Trinajstić information content (AvgIpc) is 2.62. The van der Waals surface area contributed by atoms with Gasteiger partial charge in [-0.3, -0.25) is 4.79 Å². The first kappa shape index (κ1) is 11.0. The largest absolute Gasteiger partial charge is 0.508 e. The second-order valence-electron chi connectivity index (χ2n) is 3.65. The van der Waals surface area contributed by atoms with Crippen LogP contribution in [-0.2, 0) is 16.0 Å². The van der Waals surface area contributed by atoms with Gasteiger partial charge in [-0.25, -0.2) is 0 Å². The molecule has 0 fully saturated rings. The number of aryl methyl sites for hydroxylation is 1. The Morgan fingerprint density at radius 3 is 2.94 bits per heavy atom. The Morgan fingerprint density at radius 2 is 2.25 bits per heavy atom. The Kier molecular flexibility index (Phi) is 2.83. The van der Waals surface area contributed by atoms with Crippen molar-refractivity contribution in [1.82, 2.24) is 0 Å². The van der Waals surface area contributed by atoms with E-state index < -0.39 is 0 Å². The molecule has 2 aromatic rings. The molecule has 0 saturated heterocycles. The Bertz CT molecular complexity index is 542. The Morgan fingerprint density at radius 1 is 1.50 bits per heavy atom. The Balaban J connectivity index is 2.48. The molecule has 0 amide bonds. The van der Waals surface area contributed by atoms with Crippen LogP contribution in [0.4, 0.5) is 0 Å². The molecule has 0 atom stereocenters. The first-order chi connectivity index (χ1) is 7.61. The van der Waals surface area contributed by atoms with Crippen LogP contribution in [-0.4, -0.2) is 18.2 Å². The van der Waals surface area contributed by atoms with E-state index in [1.807, 2.05) is 18.4 Å². The molecule has 0 bridgehead atoms. The van der Waals surface area contributed by atoms with Gasteiger partial charge in [0.2, 0.25) is 0 Å². The molecule has 0 unspecified atom stereocenters. The number of carbonyl (C=O) groups excluding carboxylic acids is 1. The highest BCUT2D eigenvalue weighted by molar-refractivity contribution is 7.17. The van der Waals surface area contributed by atoms with Gasteiger partial charge in [-0.2, -0.15) is 0 Å². The lowest BCUT2D eigenvalue weighted by atomic mass is 10.1. The maximum Gasteiger partial charge on any atom is 0.310 e. The summed E-state index contributed by atoms with van der Waals surface area (Å²) >= 11 is 1.52. The summed E-state index contributed by atoms with van der Waals surface area (Å²) in [5, 5.41) is 12.5. The van der Waals surface area contributed by atoms with E-state index in [1.54, 1.807) is 6.07 Å². The third-order valence-electron chi connectivity index (χ3n) is 2.53. The normalized spacial score (nSPS) is 10.6. The van der Waals surface area contributed by atoms with Gasteiger partial charge in [0.1, 0.15) is 5.75 Å². The number of rotatable bonds is 2. The smallest absolute Gasteiger partial charge is 0.310 e. The lowest BCUT2D eigenvalue weighted by molar-refractivity contribution is -0.139. The molecule has 1 aromatic carbocycles. The minimum atomic E-state index is -0.245. The van der Waals surface area contributed by atoms with E-state index >= 15 is 0 Å². The summed E-state index contributed by atoms with van der Waals surface area (Å²) in [5.41, 5.74) is 1.77. The van der Waals surface area contributed by atoms with Crippen molar-refractivity contribution in [3.63, 3.8) is 0 Å². The molecule has 0 aliphatic rings. The number of esters is 1. The van der Waals surface area contributed by atoms with Crippen LogP contribution >= 0.6 is 11.3 Å². The number of methoxy groups -OCH3 is 1. The van der Waals surface area contributed by atoms with Crippen molar-refractivity contribution in [2.24, 2.45) is 0 Å². The number of aromatic hydroxyl groups is 1. The van der Waals surface area contributed by atoms with Gasteiger partial charge in [0.25, 0.3) is 0 Å². The van der Waals surface area contributed by atoms with E-state index in [0.29, 0.717) is 5.75 Å². The van der Waals surface area contributed by atoms with Gasteiger partial charge in [0.15, 0.2) is 0 Å². The SMILES string of the molecule is COC(=O)Cc1csc2cc(O)c(C)cc12. The van der Waals surface area contributed by atoms with Crippen LogP contribution in [0.15, 0.2) is 17.5 Å². The number of phenolic OH excluding ortho intramolecular Hbond substituents is 1. The fourth-order valence-electron chi connectivity index (χ4n) is 1.59. The molecular weight excluding hydrogens is 224 g/mol. The van der Waals surface area contributed by atoms with Crippen molar-refractivity contribution >= 4 is 27.4 Å². The average molecular weight is 236 g/mol. The summed E-state index contributed by atoms with van der Waals surface area (Å²) in [4.78, 5) is 11.2. The minimum absolute atomic E-state index is 0.245. The van der Waals surface area contributed by atoms with Crippen molar-refractivity contribution in [1.29, 1.82) is 0 Å². The summed E-state index contributed by atoms with van der Waals surface area (Å²) in [6.07, 6.45) is 0.278. The molecule has 0 saturated carbocycles. The van der Waals surface area contributed by atoms with Crippen LogP contribution in [0, 0.1) is 6.92 Å². The number of ether oxygens (including phenoxy) is 1. The van der Waals surface area contributed by atoms with Gasteiger partial charge in [0.05, 0.1) is 13.5 Å². The maximum absolute atomic E-state index is 11.2. The van der Waals surface area contributed by atoms with Crippen LogP contribution in [0.5, 0.6) is 5.75 Å². The fraction of sp³-hybridized carbons (Fsp3) is 0.250. The van der Waals surface area contributed by atoms with Crippen molar-refractivity contribution in [3.05, 3.63) is 28.6 Å². The minimum Gasteiger partial charge on any atom is -0.508 e. The number of phenols is 1. The molecule has 0 spiro atoms. The highest BCUT2D eigenvalue weighted by atomic mass is 32.1. The van der Waals surface area contributed by atoms with E-state index in [-0.39, 0.29) is 12.4 Å². The Labute approximate surface area is 97.3 Å². The lowest BCUT2D eigenvalue weighted by Crippen LogP contribution is -2.03. The highest BCUT2D eigenvalue weighted by Crippen LogP contribution is 2.31. The molecule has 0 aliphatic heterocycles. The van der Waals surface area contributed by atoms with E-state index in [2.05, 4.69) is 4.74 Å². The standard InChI is InChI=1S/C12H12O3S/c1-7-3-9-8(4-12(14)15-2)6-16-11(9)5-10(7)13/h3,5-6,13H,4H2,1-2H3. The zero-order valence-electron chi connectivity index (χ0n) is 9.11. The van der Waals surface area contributed by atoms with Gasteiger partial charge in [-0.15, -0.1) is 11.3 Å². The number of thiophene rings is 1. The molecule has 0 aliphatic carbocycles. The first-order valence-electron chi connectivity index (χ1n) is 4.88. The molecule has 1 aromatic heterocycles. The van der Waals surface area contributed by atoms with Gasteiger partial charge in [-0.05, 0) is 40.9 Å². The molecule has 3 nitrogen and oxygen atoms in total. The van der Waals surface area contributed by atoms with Crippen molar-refractivity contribution in [2.75, 3.05) is 7.11 Å². The Hall–Kier alpha value is -1.55. The van der Waals surface area contributed by atoms with Gasteiger partial charge in [-0.1, -0.05) is 0 Å². The number of hydrogen-bond donors (Lipinski definition) is 1. The first-order valence-corrected chi connectivity index (χ1v) is 5.76. The van der Waals surface area contributed by atoms with Crippen LogP contribution < -0.4 is 0 Å². The van der Waals surface area contributed by atoms with Crippen molar-refractivity contribution in [2.45, 2.75) is 13.3 Å². The molecule has 1 heterocycles. The van der Waals surface area contributed by atoms with Crippen LogP contribution in [0.2, 0.25) is 0 Å². The van der Waals surface area contributed by atoms with Crippen LogP contribution in [0.1, 0.15) is 11.1 Å². The van der Waals surface area contributed by atoms with Crippen molar-refractivity contribution in [3.8, 4) is 5.75 Å². The summed E-state index contributed by atoms with van der Waals surface area (Å²) in [5.74, 6) is 0.0457. The van der Waals surface area contributed by atoms with Crippen molar-refractivity contribution < 1.29 is 14.6 Å². The molecular formula is C12H12O3S. The fourth-order valence-corrected chi connectivity index (χ4v) is 2.56. The zero-order valence-corrected chi connectivity index (χ0v) is 9.93. The van der Waals surface area contributed by atoms with E-state index in [9.17, 15) is 9.90 Å². The highest BCUT2D eigenvalue weighted by Gasteiger charge is 2.10. The monoisotopic (exact) mass is 236 g/mol. The predicted octanol–water partition coefficient (Wildman–Crippen LogP) is 2.63. The van der Waals surface area contributed by atoms with Crippen LogP contribution in [0.25, 0.3) is 10.1 Å². The lowest BCUT2D eigenvalue weighted by Gasteiger charge is -2.01. The van der Waals surface area contributed by atoms with E-state index in [1.165, 1.54) is 18.4 Å². The maximum atomic E-state index is 11.2. The molecule has 0 radical (unpaired) electrons. The quantitative estimate of drug-likeness (QED) is 0.815. The number of carbonyl (C=O) groups is 1. The van der Waals surface area contributed by atoms with Gasteiger partial charge < -0.3 is 9.84 Å². The molecule has 16 heavy (non-hydrogen) atoms. The second kappa shape index (κ2) is 4.14. The summed E-state index contributed by atoms with van der Waals surface area (Å²) in [6.45, 7) is 1.84. The predicted molar refractivity (Wildman–Crippen MR) is 63.9 cm³/mol. The number of hydrogen-bond acceptors (Lipinski definition) is 4. The third kappa shape index (κ3) is 1.88. The third-order valence-corrected chi connectivity index (χ3v) is 3.53. The van der Waals surface area contributed by atoms with E-state index in [0.717, 1.165) is 21.2 Å². The number of fused-ring (bicyclic) bond motifs is 1. The molecule has 4 heteroatoms. The van der Waals surface area contributed by atoms with Gasteiger partial charge >= 0.3 is 5.97 Å². The summed E-state index contributed by atoms with van der Waals surface area (Å²) < 4.78 is 5.63. The molecule has 84 valence electrons. The summed E-state index contributed by atoms with van der Waals surface area (Å²) in [6, 6.07) is 3.63. The summed E-state index contributed by atoms with van der Waals surface area (Å²) in [7, 11) is 1.38. The zero-order chi connectivity index (χ0) is 11.7. The number of benzene rings is 1. The van der Waals surface area contributed by atoms with E-state index in [4.69, 9.17) is 0 Å². The molecule has 1 N–H and O–H groups in total. The molecule has 2 rings (SSSR count). The topological polar surface area (TPSA) is 46.5 Å².